The van der Waals surface area contributed by atoms with Crippen LogP contribution in [-0.2, 0) is 0 Å². The topological polar surface area (TPSA) is 45.1 Å². The minimum Gasteiger partial charge on any atom is -0.394 e. The predicted octanol–water partition coefficient (Wildman–Crippen LogP) is 2.23. The zero-order valence-corrected chi connectivity index (χ0v) is 9.05. The van der Waals surface area contributed by atoms with Crippen LogP contribution in [0.15, 0.2) is 24.3 Å². The second-order valence-electron chi connectivity index (χ2n) is 4.09. The highest BCUT2D eigenvalue weighted by atomic mass is 32.1. The Morgan fingerprint density at radius 3 is 2.93 bits per heavy atom. The van der Waals surface area contributed by atoms with E-state index in [2.05, 4.69) is 15.8 Å². The van der Waals surface area contributed by atoms with Crippen LogP contribution in [-0.4, -0.2) is 21.6 Å². The van der Waals surface area contributed by atoms with Crippen LogP contribution in [0.3, 0.4) is 0 Å². The Labute approximate surface area is 91.9 Å². The summed E-state index contributed by atoms with van der Waals surface area (Å²) in [5, 5.41) is 14.9. The summed E-state index contributed by atoms with van der Waals surface area (Å²) in [5.41, 5.74) is 0.966. The van der Waals surface area contributed by atoms with Crippen molar-refractivity contribution in [1.82, 2.24) is 4.37 Å². The van der Waals surface area contributed by atoms with Gasteiger partial charge in [-0.2, -0.15) is 4.37 Å². The SMILES string of the molecule is OCC1(Nc2snc3ccccc23)CC1. The standard InChI is InChI=1S/C11H12N2OS/c14-7-11(5-6-11)12-10-8-3-1-2-4-9(8)13-15-10/h1-4,12,14H,5-7H2. The van der Waals surface area contributed by atoms with Crippen molar-refractivity contribution in [2.24, 2.45) is 0 Å². The molecule has 15 heavy (non-hydrogen) atoms. The van der Waals surface area contributed by atoms with Gasteiger partial charge in [0.1, 0.15) is 5.00 Å². The lowest BCUT2D eigenvalue weighted by Crippen LogP contribution is -2.24. The van der Waals surface area contributed by atoms with E-state index in [0.717, 1.165) is 28.7 Å². The van der Waals surface area contributed by atoms with Crippen molar-refractivity contribution in [3.05, 3.63) is 24.3 Å². The molecule has 0 unspecified atom stereocenters. The number of rotatable bonds is 3. The van der Waals surface area contributed by atoms with E-state index in [1.54, 1.807) is 0 Å². The molecule has 3 nitrogen and oxygen atoms in total. The lowest BCUT2D eigenvalue weighted by molar-refractivity contribution is 0.266. The van der Waals surface area contributed by atoms with Gasteiger partial charge in [-0.1, -0.05) is 12.1 Å². The molecule has 4 heteroatoms. The van der Waals surface area contributed by atoms with Gasteiger partial charge in [0.15, 0.2) is 0 Å². The molecule has 0 bridgehead atoms. The summed E-state index contributed by atoms with van der Waals surface area (Å²) in [5.74, 6) is 0. The highest BCUT2D eigenvalue weighted by molar-refractivity contribution is 7.11. The lowest BCUT2D eigenvalue weighted by atomic mass is 10.2. The number of aliphatic hydroxyl groups is 1. The summed E-state index contributed by atoms with van der Waals surface area (Å²) < 4.78 is 4.36. The molecule has 0 aliphatic heterocycles. The first-order valence-corrected chi connectivity index (χ1v) is 5.84. The minimum atomic E-state index is -0.0602. The van der Waals surface area contributed by atoms with Crippen LogP contribution in [0.5, 0.6) is 0 Å². The number of nitrogens with one attached hydrogen (secondary N) is 1. The van der Waals surface area contributed by atoms with Crippen LogP contribution in [0, 0.1) is 0 Å². The molecule has 2 N–H and O–H groups in total. The van der Waals surface area contributed by atoms with Gasteiger partial charge >= 0.3 is 0 Å². The third kappa shape index (κ3) is 1.50. The van der Waals surface area contributed by atoms with E-state index in [-0.39, 0.29) is 12.1 Å². The fourth-order valence-corrected chi connectivity index (χ4v) is 2.58. The molecule has 1 saturated carbocycles. The summed E-state index contributed by atoms with van der Waals surface area (Å²) in [6, 6.07) is 8.08. The first kappa shape index (κ1) is 9.12. The lowest BCUT2D eigenvalue weighted by Gasteiger charge is -2.13. The first-order valence-electron chi connectivity index (χ1n) is 5.06. The van der Waals surface area contributed by atoms with Gasteiger partial charge in [-0.3, -0.25) is 0 Å². The van der Waals surface area contributed by atoms with E-state index in [1.807, 2.05) is 18.2 Å². The number of hydrogen-bond donors (Lipinski definition) is 2. The van der Waals surface area contributed by atoms with E-state index in [0.29, 0.717) is 0 Å². The molecule has 1 aromatic carbocycles. The molecule has 1 aliphatic rings. The summed E-state index contributed by atoms with van der Waals surface area (Å²) in [6.45, 7) is 0.208. The van der Waals surface area contributed by atoms with Crippen molar-refractivity contribution >= 4 is 27.4 Å². The zero-order chi connectivity index (χ0) is 10.3. The average molecular weight is 220 g/mol. The number of anilines is 1. The highest BCUT2D eigenvalue weighted by Crippen LogP contribution is 2.41. The van der Waals surface area contributed by atoms with Crippen LogP contribution in [0.25, 0.3) is 10.9 Å². The van der Waals surface area contributed by atoms with E-state index in [1.165, 1.54) is 11.5 Å². The Hall–Kier alpha value is -1.13. The molecule has 0 spiro atoms. The van der Waals surface area contributed by atoms with E-state index in [4.69, 9.17) is 0 Å². The van der Waals surface area contributed by atoms with Crippen molar-refractivity contribution in [2.45, 2.75) is 18.4 Å². The fraction of sp³-hybridized carbons (Fsp3) is 0.364. The van der Waals surface area contributed by atoms with Crippen LogP contribution >= 0.6 is 11.5 Å². The maximum absolute atomic E-state index is 9.25. The largest absolute Gasteiger partial charge is 0.394 e. The Balaban J connectivity index is 1.98. The number of aliphatic hydroxyl groups excluding tert-OH is 1. The third-order valence-corrected chi connectivity index (χ3v) is 3.71. The van der Waals surface area contributed by atoms with Gasteiger partial charge in [-0.05, 0) is 36.5 Å². The predicted molar refractivity (Wildman–Crippen MR) is 62.3 cm³/mol. The van der Waals surface area contributed by atoms with E-state index in [9.17, 15) is 5.11 Å². The second kappa shape index (κ2) is 3.18. The Bertz CT molecular complexity index is 490. The van der Waals surface area contributed by atoms with Crippen LogP contribution in [0.2, 0.25) is 0 Å². The molecule has 1 fully saturated rings. The third-order valence-electron chi connectivity index (χ3n) is 2.92. The van der Waals surface area contributed by atoms with E-state index >= 15 is 0 Å². The summed E-state index contributed by atoms with van der Waals surface area (Å²) >= 11 is 1.47. The van der Waals surface area contributed by atoms with Crippen molar-refractivity contribution in [2.75, 3.05) is 11.9 Å². The molecule has 0 saturated heterocycles. The van der Waals surface area contributed by atoms with Gasteiger partial charge in [-0.15, -0.1) is 0 Å². The van der Waals surface area contributed by atoms with Crippen LogP contribution in [0.1, 0.15) is 12.8 Å². The highest BCUT2D eigenvalue weighted by Gasteiger charge is 2.42. The number of nitrogens with zero attached hydrogens (tertiary/aromatic N) is 1. The van der Waals surface area contributed by atoms with Gasteiger partial charge in [0.2, 0.25) is 0 Å². The molecule has 2 aromatic rings. The van der Waals surface area contributed by atoms with Crippen molar-refractivity contribution < 1.29 is 5.11 Å². The number of fused-ring (bicyclic) bond motifs is 1. The second-order valence-corrected chi connectivity index (χ2v) is 4.87. The monoisotopic (exact) mass is 220 g/mol. The number of hydrogen-bond acceptors (Lipinski definition) is 4. The number of aromatic nitrogens is 1. The molecule has 1 heterocycles. The average Bonchev–Trinajstić information content (AvgIpc) is 2.95. The fourth-order valence-electron chi connectivity index (χ4n) is 1.69. The Morgan fingerprint density at radius 1 is 1.40 bits per heavy atom. The smallest absolute Gasteiger partial charge is 0.117 e. The van der Waals surface area contributed by atoms with Gasteiger partial charge in [0.05, 0.1) is 17.7 Å². The quantitative estimate of drug-likeness (QED) is 0.833. The maximum atomic E-state index is 9.25. The van der Waals surface area contributed by atoms with Crippen molar-refractivity contribution in [3.8, 4) is 0 Å². The molecule has 1 aromatic heterocycles. The number of benzene rings is 1. The normalized spacial score (nSPS) is 17.9. The molecule has 1 aliphatic carbocycles. The Morgan fingerprint density at radius 2 is 2.20 bits per heavy atom. The first-order chi connectivity index (χ1) is 7.33. The van der Waals surface area contributed by atoms with Crippen molar-refractivity contribution in [1.29, 1.82) is 0 Å². The molecule has 78 valence electrons. The van der Waals surface area contributed by atoms with E-state index < -0.39 is 0 Å². The van der Waals surface area contributed by atoms with Gasteiger partial charge in [0.25, 0.3) is 0 Å². The van der Waals surface area contributed by atoms with Gasteiger partial charge in [-0.25, -0.2) is 0 Å². The molecular formula is C11H12N2OS. The molecule has 0 atom stereocenters. The maximum Gasteiger partial charge on any atom is 0.117 e. The van der Waals surface area contributed by atoms with Gasteiger partial charge in [0, 0.05) is 5.39 Å². The van der Waals surface area contributed by atoms with Crippen LogP contribution in [0.4, 0.5) is 5.00 Å². The van der Waals surface area contributed by atoms with Crippen LogP contribution < -0.4 is 5.32 Å². The minimum absolute atomic E-state index is 0.0602. The van der Waals surface area contributed by atoms with Gasteiger partial charge < -0.3 is 10.4 Å². The summed E-state index contributed by atoms with van der Waals surface area (Å²) in [4.78, 5) is 0. The molecule has 0 radical (unpaired) electrons. The summed E-state index contributed by atoms with van der Waals surface area (Å²) in [6.07, 6.45) is 2.10. The summed E-state index contributed by atoms with van der Waals surface area (Å²) in [7, 11) is 0. The molecule has 3 rings (SSSR count). The zero-order valence-electron chi connectivity index (χ0n) is 8.23. The molecular weight excluding hydrogens is 208 g/mol. The molecule has 0 amide bonds. The Kier molecular flexibility index (Phi) is 1.94. The van der Waals surface area contributed by atoms with Crippen molar-refractivity contribution in [3.63, 3.8) is 0 Å².